The van der Waals surface area contributed by atoms with Crippen LogP contribution in [0.5, 0.6) is 0 Å². The molecule has 0 aliphatic heterocycles. The number of hydrogen-bond donors (Lipinski definition) is 1. The van der Waals surface area contributed by atoms with Crippen molar-refractivity contribution in [3.63, 3.8) is 0 Å². The quantitative estimate of drug-likeness (QED) is 0.758. The first-order valence-corrected chi connectivity index (χ1v) is 4.34. The molecule has 0 amide bonds. The fourth-order valence-corrected chi connectivity index (χ4v) is 1.23. The Bertz CT molecular complexity index is 395. The van der Waals surface area contributed by atoms with Crippen LogP contribution in [0.1, 0.15) is 5.56 Å². The summed E-state index contributed by atoms with van der Waals surface area (Å²) in [5.41, 5.74) is 1.17. The van der Waals surface area contributed by atoms with Gasteiger partial charge in [0.25, 0.3) is 0 Å². The molecule has 0 unspecified atom stereocenters. The molecule has 2 rings (SSSR count). The lowest BCUT2D eigenvalue weighted by Crippen LogP contribution is -2.06. The summed E-state index contributed by atoms with van der Waals surface area (Å²) >= 11 is 0. The van der Waals surface area contributed by atoms with Crippen molar-refractivity contribution in [2.75, 3.05) is 7.05 Å². The molecule has 0 fully saturated rings. The summed E-state index contributed by atoms with van der Waals surface area (Å²) in [5, 5.41) is 7.09. The Labute approximate surface area is 81.8 Å². The van der Waals surface area contributed by atoms with E-state index in [4.69, 9.17) is 0 Å². The van der Waals surface area contributed by atoms with Crippen LogP contribution in [-0.2, 0) is 6.54 Å². The fourth-order valence-electron chi connectivity index (χ4n) is 1.23. The van der Waals surface area contributed by atoms with Crippen LogP contribution >= 0.6 is 0 Å². The second-order valence-corrected chi connectivity index (χ2v) is 2.89. The molecule has 0 aliphatic carbocycles. The average molecular weight is 189 g/mol. The van der Waals surface area contributed by atoms with Crippen molar-refractivity contribution in [1.29, 1.82) is 0 Å². The van der Waals surface area contributed by atoms with E-state index in [9.17, 15) is 0 Å². The summed E-state index contributed by atoms with van der Waals surface area (Å²) < 4.78 is 1.64. The molecule has 14 heavy (non-hydrogen) atoms. The van der Waals surface area contributed by atoms with Gasteiger partial charge in [0.15, 0.2) is 5.82 Å². The Hall–Kier alpha value is -1.75. The van der Waals surface area contributed by atoms with Gasteiger partial charge in [-0.3, -0.25) is 0 Å². The molecule has 2 aromatic heterocycles. The first kappa shape index (κ1) is 8.83. The van der Waals surface area contributed by atoms with Crippen LogP contribution in [-0.4, -0.2) is 26.8 Å². The zero-order valence-corrected chi connectivity index (χ0v) is 7.88. The van der Waals surface area contributed by atoms with Gasteiger partial charge >= 0.3 is 0 Å². The maximum Gasteiger partial charge on any atom is 0.155 e. The molecule has 0 aliphatic rings. The zero-order valence-electron chi connectivity index (χ0n) is 7.88. The first-order valence-electron chi connectivity index (χ1n) is 4.34. The van der Waals surface area contributed by atoms with Gasteiger partial charge in [-0.2, -0.15) is 5.10 Å². The molecule has 2 aromatic rings. The van der Waals surface area contributed by atoms with E-state index in [1.165, 1.54) is 11.9 Å². The van der Waals surface area contributed by atoms with Crippen LogP contribution in [0.15, 0.2) is 31.0 Å². The summed E-state index contributed by atoms with van der Waals surface area (Å²) in [5.74, 6) is 0.787. The number of nitrogens with zero attached hydrogens (tertiary/aromatic N) is 4. The predicted molar refractivity (Wildman–Crippen MR) is 51.9 cm³/mol. The van der Waals surface area contributed by atoms with Crippen LogP contribution in [0.25, 0.3) is 5.82 Å². The van der Waals surface area contributed by atoms with Gasteiger partial charge in [-0.1, -0.05) is 0 Å². The highest BCUT2D eigenvalue weighted by Gasteiger charge is 1.98. The Morgan fingerprint density at radius 1 is 1.50 bits per heavy atom. The van der Waals surface area contributed by atoms with Crippen molar-refractivity contribution in [1.82, 2.24) is 25.1 Å². The van der Waals surface area contributed by atoms with Crippen molar-refractivity contribution >= 4 is 0 Å². The molecule has 0 saturated carbocycles. The minimum absolute atomic E-state index is 0.787. The second kappa shape index (κ2) is 3.97. The van der Waals surface area contributed by atoms with Crippen molar-refractivity contribution < 1.29 is 0 Å². The Balaban J connectivity index is 2.31. The number of rotatable bonds is 3. The van der Waals surface area contributed by atoms with E-state index < -0.39 is 0 Å². The van der Waals surface area contributed by atoms with E-state index in [0.717, 1.165) is 12.4 Å². The monoisotopic (exact) mass is 189 g/mol. The minimum atomic E-state index is 0.787. The molecule has 0 spiro atoms. The molecule has 0 radical (unpaired) electrons. The van der Waals surface area contributed by atoms with Gasteiger partial charge in [0.05, 0.1) is 0 Å². The summed E-state index contributed by atoms with van der Waals surface area (Å²) in [7, 11) is 1.91. The summed E-state index contributed by atoms with van der Waals surface area (Å²) in [6.07, 6.45) is 4.89. The normalized spacial score (nSPS) is 10.4. The number of hydrogen-bond acceptors (Lipinski definition) is 4. The molecule has 0 bridgehead atoms. The largest absolute Gasteiger partial charge is 0.316 e. The number of nitrogens with one attached hydrogen (secondary N) is 1. The topological polar surface area (TPSA) is 55.6 Å². The molecule has 0 saturated heterocycles. The third-order valence-corrected chi connectivity index (χ3v) is 1.84. The highest BCUT2D eigenvalue weighted by molar-refractivity contribution is 5.26. The van der Waals surface area contributed by atoms with Crippen molar-refractivity contribution in [2.45, 2.75) is 6.54 Å². The van der Waals surface area contributed by atoms with Gasteiger partial charge in [0, 0.05) is 12.7 Å². The lowest BCUT2D eigenvalue weighted by molar-refractivity contribution is 0.800. The van der Waals surface area contributed by atoms with E-state index in [0.29, 0.717) is 0 Å². The van der Waals surface area contributed by atoms with Gasteiger partial charge in [0.1, 0.15) is 12.7 Å². The van der Waals surface area contributed by atoms with Gasteiger partial charge in [-0.05, 0) is 24.7 Å². The molecule has 0 atom stereocenters. The van der Waals surface area contributed by atoms with E-state index in [1.807, 2.05) is 19.2 Å². The summed E-state index contributed by atoms with van der Waals surface area (Å²) in [6, 6.07) is 3.95. The third-order valence-electron chi connectivity index (χ3n) is 1.84. The fraction of sp³-hybridized carbons (Fsp3) is 0.222. The Morgan fingerprint density at radius 2 is 2.43 bits per heavy atom. The summed E-state index contributed by atoms with van der Waals surface area (Å²) in [4.78, 5) is 8.07. The lowest BCUT2D eigenvalue weighted by Gasteiger charge is -2.02. The third kappa shape index (κ3) is 1.77. The van der Waals surface area contributed by atoms with Gasteiger partial charge < -0.3 is 5.32 Å². The highest BCUT2D eigenvalue weighted by Crippen LogP contribution is 2.04. The molecule has 72 valence electrons. The first-order chi connectivity index (χ1) is 6.90. The molecular weight excluding hydrogens is 178 g/mol. The van der Waals surface area contributed by atoms with Crippen LogP contribution in [0, 0.1) is 0 Å². The van der Waals surface area contributed by atoms with Gasteiger partial charge in [-0.25, -0.2) is 14.6 Å². The average Bonchev–Trinajstić information content (AvgIpc) is 2.71. The molecule has 2 heterocycles. The van der Waals surface area contributed by atoms with E-state index >= 15 is 0 Å². The number of aromatic nitrogens is 4. The second-order valence-electron chi connectivity index (χ2n) is 2.89. The van der Waals surface area contributed by atoms with Crippen LogP contribution in [0.2, 0.25) is 0 Å². The Morgan fingerprint density at radius 3 is 3.14 bits per heavy atom. The predicted octanol–water partition coefficient (Wildman–Crippen LogP) is 0.382. The highest BCUT2D eigenvalue weighted by atomic mass is 15.3. The smallest absolute Gasteiger partial charge is 0.155 e. The van der Waals surface area contributed by atoms with Crippen LogP contribution < -0.4 is 5.32 Å². The molecular formula is C9H11N5. The molecule has 0 aromatic carbocycles. The van der Waals surface area contributed by atoms with E-state index in [-0.39, 0.29) is 0 Å². The van der Waals surface area contributed by atoms with Crippen molar-refractivity contribution in [2.24, 2.45) is 0 Å². The molecule has 5 nitrogen and oxygen atoms in total. The molecule has 5 heteroatoms. The van der Waals surface area contributed by atoms with Crippen LogP contribution in [0.3, 0.4) is 0 Å². The van der Waals surface area contributed by atoms with E-state index in [2.05, 4.69) is 20.4 Å². The Kier molecular flexibility index (Phi) is 2.51. The number of pyridine rings is 1. The molecule has 1 N–H and O–H groups in total. The maximum absolute atomic E-state index is 4.20. The maximum atomic E-state index is 4.20. The van der Waals surface area contributed by atoms with Crippen LogP contribution in [0.4, 0.5) is 0 Å². The SMILES string of the molecule is CNCc1ccnc(-n2cncn2)c1. The minimum Gasteiger partial charge on any atom is -0.316 e. The van der Waals surface area contributed by atoms with E-state index in [1.54, 1.807) is 17.2 Å². The van der Waals surface area contributed by atoms with Crippen molar-refractivity contribution in [3.05, 3.63) is 36.5 Å². The van der Waals surface area contributed by atoms with Crippen molar-refractivity contribution in [3.8, 4) is 5.82 Å². The van der Waals surface area contributed by atoms with Gasteiger partial charge in [0.2, 0.25) is 0 Å². The lowest BCUT2D eigenvalue weighted by atomic mass is 10.2. The summed E-state index contributed by atoms with van der Waals surface area (Å²) in [6.45, 7) is 0.824. The van der Waals surface area contributed by atoms with Gasteiger partial charge in [-0.15, -0.1) is 0 Å². The zero-order chi connectivity index (χ0) is 9.80. The standard InChI is InChI=1S/C9H11N5/c1-10-5-8-2-3-12-9(4-8)14-7-11-6-13-14/h2-4,6-7,10H,5H2,1H3.